The van der Waals surface area contributed by atoms with Crippen LogP contribution in [0.15, 0.2) is 61.1 Å². The van der Waals surface area contributed by atoms with Gasteiger partial charge in [-0.25, -0.2) is 0 Å². The molecule has 0 bridgehead atoms. The van der Waals surface area contributed by atoms with E-state index in [-0.39, 0.29) is 11.5 Å². The van der Waals surface area contributed by atoms with E-state index >= 15 is 0 Å². The maximum Gasteiger partial charge on any atom is 0.168 e. The smallest absolute Gasteiger partial charge is 0.168 e. The van der Waals surface area contributed by atoms with Gasteiger partial charge < -0.3 is 14.9 Å². The highest BCUT2D eigenvalue weighted by Gasteiger charge is 2.27. The maximum atomic E-state index is 9.70. The summed E-state index contributed by atoms with van der Waals surface area (Å²) >= 11 is 0. The summed E-state index contributed by atoms with van der Waals surface area (Å²) < 4.78 is 6.10. The second kappa shape index (κ2) is 5.70. The first-order valence-electron chi connectivity index (χ1n) is 7.47. The number of fused-ring (bicyclic) bond motifs is 1. The van der Waals surface area contributed by atoms with Crippen molar-refractivity contribution < 1.29 is 14.9 Å². The van der Waals surface area contributed by atoms with E-state index in [4.69, 9.17) is 4.74 Å². The van der Waals surface area contributed by atoms with Crippen LogP contribution in [0.25, 0.3) is 11.6 Å². The zero-order valence-electron chi connectivity index (χ0n) is 12.6. The molecule has 1 atom stereocenters. The molecule has 0 spiro atoms. The van der Waals surface area contributed by atoms with Crippen molar-refractivity contribution in [2.75, 3.05) is 0 Å². The van der Waals surface area contributed by atoms with Gasteiger partial charge in [-0.15, -0.1) is 0 Å². The first-order valence-corrected chi connectivity index (χ1v) is 7.47. The number of ether oxygens (including phenoxy) is 1. The number of benzene rings is 2. The molecule has 1 aliphatic heterocycles. The molecule has 24 heavy (non-hydrogen) atoms. The summed E-state index contributed by atoms with van der Waals surface area (Å²) in [6.07, 6.45) is 6.44. The predicted octanol–water partition coefficient (Wildman–Crippen LogP) is 3.56. The molecule has 0 saturated heterocycles. The average Bonchev–Trinajstić information content (AvgIpc) is 2.62. The molecule has 2 N–H and O–H groups in total. The highest BCUT2D eigenvalue weighted by molar-refractivity contribution is 5.88. The van der Waals surface area contributed by atoms with Crippen molar-refractivity contribution in [2.24, 2.45) is 0 Å². The van der Waals surface area contributed by atoms with Crippen molar-refractivity contribution in [3.63, 3.8) is 0 Å². The second-order valence-corrected chi connectivity index (χ2v) is 5.50. The topological polar surface area (TPSA) is 75.5 Å². The van der Waals surface area contributed by atoms with Gasteiger partial charge in [-0.3, -0.25) is 9.97 Å². The maximum absolute atomic E-state index is 9.70. The third-order valence-electron chi connectivity index (χ3n) is 3.89. The molecule has 0 radical (unpaired) electrons. The van der Waals surface area contributed by atoms with Crippen molar-refractivity contribution in [1.29, 1.82) is 0 Å². The molecule has 5 nitrogen and oxygen atoms in total. The minimum absolute atomic E-state index is 0.146. The normalized spacial score (nSPS) is 16.0. The zero-order chi connectivity index (χ0) is 16.5. The number of aromatic hydroxyl groups is 2. The Labute approximate surface area is 138 Å². The quantitative estimate of drug-likeness (QED) is 0.755. The Morgan fingerprint density at radius 1 is 0.917 bits per heavy atom. The number of aromatic nitrogens is 2. The summed E-state index contributed by atoms with van der Waals surface area (Å²) in [6, 6.07) is 11.9. The van der Waals surface area contributed by atoms with E-state index in [1.165, 1.54) is 0 Å². The molecule has 0 amide bonds. The van der Waals surface area contributed by atoms with Crippen molar-refractivity contribution in [1.82, 2.24) is 9.97 Å². The number of hydrogen-bond donors (Lipinski definition) is 2. The molecule has 0 saturated carbocycles. The van der Waals surface area contributed by atoms with E-state index in [2.05, 4.69) is 9.97 Å². The molecule has 118 valence electrons. The minimum atomic E-state index is -0.447. The third kappa shape index (κ3) is 2.56. The van der Waals surface area contributed by atoms with Crippen LogP contribution < -0.4 is 4.74 Å². The van der Waals surface area contributed by atoms with Gasteiger partial charge in [0.15, 0.2) is 6.10 Å². The molecule has 0 aliphatic carbocycles. The lowest BCUT2D eigenvalue weighted by Crippen LogP contribution is -2.15. The van der Waals surface area contributed by atoms with Gasteiger partial charge in [0.2, 0.25) is 0 Å². The van der Waals surface area contributed by atoms with Gasteiger partial charge >= 0.3 is 0 Å². The largest absolute Gasteiger partial charge is 0.508 e. The van der Waals surface area contributed by atoms with E-state index in [0.717, 1.165) is 16.7 Å². The van der Waals surface area contributed by atoms with Crippen molar-refractivity contribution in [3.8, 4) is 17.2 Å². The highest BCUT2D eigenvalue weighted by atomic mass is 16.5. The second-order valence-electron chi connectivity index (χ2n) is 5.50. The van der Waals surface area contributed by atoms with Crippen LogP contribution >= 0.6 is 0 Å². The minimum Gasteiger partial charge on any atom is -0.508 e. The molecular formula is C19H14N2O3. The van der Waals surface area contributed by atoms with Crippen molar-refractivity contribution in [2.45, 2.75) is 6.10 Å². The van der Waals surface area contributed by atoms with Gasteiger partial charge in [0.05, 0.1) is 6.20 Å². The van der Waals surface area contributed by atoms with Gasteiger partial charge in [-0.1, -0.05) is 12.1 Å². The summed E-state index contributed by atoms with van der Waals surface area (Å²) in [6.45, 7) is 0. The number of phenols is 2. The van der Waals surface area contributed by atoms with E-state index in [0.29, 0.717) is 11.4 Å². The fourth-order valence-electron chi connectivity index (χ4n) is 2.73. The molecule has 5 heteroatoms. The van der Waals surface area contributed by atoms with Crippen LogP contribution in [0.5, 0.6) is 17.2 Å². The van der Waals surface area contributed by atoms with Gasteiger partial charge in [0.1, 0.15) is 22.9 Å². The molecule has 4 rings (SSSR count). The number of nitrogens with zero attached hydrogens (tertiary/aromatic N) is 2. The van der Waals surface area contributed by atoms with Crippen molar-refractivity contribution >= 4 is 11.6 Å². The van der Waals surface area contributed by atoms with E-state index in [9.17, 15) is 10.2 Å². The number of phenolic OH excluding ortho intramolecular Hbond substituents is 2. The average molecular weight is 318 g/mol. The van der Waals surface area contributed by atoms with E-state index in [1.807, 2.05) is 18.2 Å². The lowest BCUT2D eigenvalue weighted by Gasteiger charge is -2.27. The predicted molar refractivity (Wildman–Crippen MR) is 89.5 cm³/mol. The van der Waals surface area contributed by atoms with E-state index in [1.54, 1.807) is 48.9 Å². The summed E-state index contributed by atoms with van der Waals surface area (Å²) in [5, 5.41) is 19.2. The molecule has 1 unspecified atom stereocenters. The molecular weight excluding hydrogens is 304 g/mol. The Morgan fingerprint density at radius 2 is 1.71 bits per heavy atom. The summed E-state index contributed by atoms with van der Waals surface area (Å²) in [5.74, 6) is 0.943. The number of hydrogen-bond acceptors (Lipinski definition) is 5. The number of rotatable bonds is 2. The monoisotopic (exact) mass is 318 g/mol. The van der Waals surface area contributed by atoms with Crippen LogP contribution in [-0.2, 0) is 0 Å². The Bertz CT molecular complexity index is 906. The van der Waals surface area contributed by atoms with Gasteiger partial charge in [-0.05, 0) is 35.9 Å². The Hall–Kier alpha value is -3.34. The summed E-state index contributed by atoms with van der Waals surface area (Å²) in [7, 11) is 0. The molecule has 1 aliphatic rings. The van der Waals surface area contributed by atoms with Crippen LogP contribution in [-0.4, -0.2) is 20.2 Å². The fraction of sp³-hybridized carbons (Fsp3) is 0.0526. The summed E-state index contributed by atoms with van der Waals surface area (Å²) in [4.78, 5) is 8.47. The Balaban J connectivity index is 1.87. The lowest BCUT2D eigenvalue weighted by atomic mass is 9.93. The van der Waals surface area contributed by atoms with Crippen LogP contribution in [0.2, 0.25) is 0 Å². The fourth-order valence-corrected chi connectivity index (χ4v) is 2.73. The molecule has 1 aromatic heterocycles. The molecule has 2 aromatic carbocycles. The van der Waals surface area contributed by atoms with E-state index < -0.39 is 6.10 Å². The van der Waals surface area contributed by atoms with Crippen molar-refractivity contribution in [3.05, 3.63) is 77.9 Å². The zero-order valence-corrected chi connectivity index (χ0v) is 12.6. The summed E-state index contributed by atoms with van der Waals surface area (Å²) in [5.41, 5.74) is 3.37. The van der Waals surface area contributed by atoms with Crippen LogP contribution in [0.1, 0.15) is 22.9 Å². The third-order valence-corrected chi connectivity index (χ3v) is 3.89. The highest BCUT2D eigenvalue weighted by Crippen LogP contribution is 2.42. The van der Waals surface area contributed by atoms with Crippen LogP contribution in [0, 0.1) is 0 Å². The molecule has 3 aromatic rings. The first kappa shape index (κ1) is 14.3. The van der Waals surface area contributed by atoms with Gasteiger partial charge in [0.25, 0.3) is 0 Å². The Morgan fingerprint density at radius 3 is 2.46 bits per heavy atom. The SMILES string of the molecule is Oc1ccc(C2=Cc3ccc(O)cc3OC2c2cnccn2)cc1. The Kier molecular flexibility index (Phi) is 3.39. The van der Waals surface area contributed by atoms with Crippen LogP contribution in [0.3, 0.4) is 0 Å². The van der Waals surface area contributed by atoms with Gasteiger partial charge in [-0.2, -0.15) is 0 Å². The lowest BCUT2D eigenvalue weighted by molar-refractivity contribution is 0.254. The van der Waals surface area contributed by atoms with Gasteiger partial charge in [0, 0.05) is 29.6 Å². The standard InChI is InChI=1S/C19H14N2O3/c22-14-4-1-12(2-5-14)16-9-13-3-6-15(23)10-18(13)24-19(16)17-11-20-7-8-21-17/h1-11,19,22-23H. The van der Waals surface area contributed by atoms with Crippen LogP contribution in [0.4, 0.5) is 0 Å². The molecule has 2 heterocycles. The molecule has 0 fully saturated rings. The first-order chi connectivity index (χ1) is 11.7.